The summed E-state index contributed by atoms with van der Waals surface area (Å²) in [6, 6.07) is 8.99. The van der Waals surface area contributed by atoms with Crippen LogP contribution in [-0.4, -0.2) is 54.8 Å². The molecule has 0 amide bonds. The van der Waals surface area contributed by atoms with Gasteiger partial charge in [0.15, 0.2) is 0 Å². The van der Waals surface area contributed by atoms with Crippen LogP contribution in [0.5, 0.6) is 0 Å². The lowest BCUT2D eigenvalue weighted by Gasteiger charge is -2.39. The minimum Gasteiger partial charge on any atom is -0.459 e. The zero-order valence-electron chi connectivity index (χ0n) is 16.9. The van der Waals surface area contributed by atoms with Gasteiger partial charge in [0.1, 0.15) is 11.6 Å². The Morgan fingerprint density at radius 2 is 1.85 bits per heavy atom. The Morgan fingerprint density at radius 1 is 1.22 bits per heavy atom. The highest BCUT2D eigenvalue weighted by Gasteiger charge is 2.37. The molecule has 0 aromatic heterocycles. The molecule has 0 saturated carbocycles. The third kappa shape index (κ3) is 7.22. The minimum absolute atomic E-state index is 0.274. The van der Waals surface area contributed by atoms with Crippen molar-refractivity contribution in [3.63, 3.8) is 0 Å². The largest absolute Gasteiger partial charge is 0.459 e. The van der Waals surface area contributed by atoms with Crippen LogP contribution in [0.2, 0.25) is 0 Å². The summed E-state index contributed by atoms with van der Waals surface area (Å²) in [5.41, 5.74) is 12.7. The van der Waals surface area contributed by atoms with Gasteiger partial charge in [0.25, 0.3) is 0 Å². The summed E-state index contributed by atoms with van der Waals surface area (Å²) in [4.78, 5) is 15.0. The molecule has 2 atom stereocenters. The molecule has 0 radical (unpaired) electrons. The number of ether oxygens (including phenoxy) is 2. The van der Waals surface area contributed by atoms with Crippen molar-refractivity contribution in [3.05, 3.63) is 35.9 Å². The van der Waals surface area contributed by atoms with Gasteiger partial charge in [-0.1, -0.05) is 30.3 Å². The van der Waals surface area contributed by atoms with Crippen LogP contribution >= 0.6 is 0 Å². The highest BCUT2D eigenvalue weighted by atomic mass is 16.6. The summed E-state index contributed by atoms with van der Waals surface area (Å²) in [6.07, 6.45) is 1.96. The first-order chi connectivity index (χ1) is 12.8. The van der Waals surface area contributed by atoms with Gasteiger partial charge in [-0.05, 0) is 64.7 Å². The number of likely N-dealkylation sites (tertiary alicyclic amines) is 1. The Labute approximate surface area is 163 Å². The number of benzene rings is 1. The molecular weight excluding hydrogens is 342 g/mol. The number of hydrogen-bond acceptors (Lipinski definition) is 6. The zero-order valence-corrected chi connectivity index (χ0v) is 16.9. The summed E-state index contributed by atoms with van der Waals surface area (Å²) >= 11 is 0. The van der Waals surface area contributed by atoms with Crippen LogP contribution in [0.25, 0.3) is 0 Å². The Kier molecular flexibility index (Phi) is 8.23. The van der Waals surface area contributed by atoms with Crippen LogP contribution in [-0.2, 0) is 20.9 Å². The average molecular weight is 378 g/mol. The van der Waals surface area contributed by atoms with E-state index in [0.717, 1.165) is 31.5 Å². The smallest absolute Gasteiger partial charge is 0.325 e. The topological polar surface area (TPSA) is 90.8 Å². The van der Waals surface area contributed by atoms with E-state index in [1.54, 1.807) is 0 Å². The Bertz CT molecular complexity index is 566. The highest BCUT2D eigenvalue weighted by molar-refractivity contribution is 5.77. The van der Waals surface area contributed by atoms with Crippen LogP contribution in [0.1, 0.15) is 39.2 Å². The second kappa shape index (κ2) is 10.2. The Morgan fingerprint density at radius 3 is 2.41 bits per heavy atom. The molecule has 1 aromatic rings. The summed E-state index contributed by atoms with van der Waals surface area (Å²) < 4.78 is 11.4. The van der Waals surface area contributed by atoms with E-state index in [9.17, 15) is 4.79 Å². The molecule has 2 rings (SSSR count). The fraction of sp³-hybridized carbons (Fsp3) is 0.667. The molecule has 1 aromatic carbocycles. The minimum atomic E-state index is -0.546. The number of hydrogen-bond donors (Lipinski definition) is 2. The quantitative estimate of drug-likeness (QED) is 0.673. The van der Waals surface area contributed by atoms with Gasteiger partial charge < -0.3 is 20.9 Å². The molecule has 0 spiro atoms. The summed E-state index contributed by atoms with van der Waals surface area (Å²) in [5, 5.41) is 0. The molecule has 27 heavy (non-hydrogen) atoms. The van der Waals surface area contributed by atoms with Gasteiger partial charge in [0.2, 0.25) is 0 Å². The third-order valence-corrected chi connectivity index (χ3v) is 4.85. The average Bonchev–Trinajstić information content (AvgIpc) is 2.62. The van der Waals surface area contributed by atoms with E-state index in [2.05, 4.69) is 4.90 Å². The van der Waals surface area contributed by atoms with E-state index in [-0.39, 0.29) is 5.97 Å². The molecular formula is C21H35N3O3. The van der Waals surface area contributed by atoms with Crippen molar-refractivity contribution in [2.24, 2.45) is 17.4 Å². The molecule has 1 aliphatic heterocycles. The monoisotopic (exact) mass is 377 g/mol. The number of piperidine rings is 1. The van der Waals surface area contributed by atoms with Crippen LogP contribution in [0.4, 0.5) is 0 Å². The van der Waals surface area contributed by atoms with Crippen molar-refractivity contribution in [1.82, 2.24) is 4.90 Å². The number of esters is 1. The van der Waals surface area contributed by atoms with Crippen molar-refractivity contribution < 1.29 is 14.3 Å². The number of rotatable bonds is 8. The van der Waals surface area contributed by atoms with Gasteiger partial charge in [-0.3, -0.25) is 9.69 Å². The van der Waals surface area contributed by atoms with Crippen LogP contribution < -0.4 is 11.5 Å². The van der Waals surface area contributed by atoms with Crippen LogP contribution in [0.15, 0.2) is 30.3 Å². The van der Waals surface area contributed by atoms with Gasteiger partial charge in [0, 0.05) is 0 Å². The molecule has 0 aliphatic carbocycles. The molecule has 152 valence electrons. The summed E-state index contributed by atoms with van der Waals surface area (Å²) in [5.74, 6) is 0.246. The standard InChI is InChI=1S/C21H35N3O3/c1-21(2,3)27-20(25)19(24-11-9-16(13-22)10-12-24)18(23)15-26-14-17-7-5-4-6-8-17/h4-8,16,18-19H,9-15,22-23H2,1-3H3. The first kappa shape index (κ1) is 21.8. The number of carbonyl (C=O) groups excluding carboxylic acids is 1. The van der Waals surface area contributed by atoms with Gasteiger partial charge in [-0.15, -0.1) is 0 Å². The van der Waals surface area contributed by atoms with Crippen LogP contribution in [0.3, 0.4) is 0 Å². The predicted molar refractivity (Wildman–Crippen MR) is 107 cm³/mol. The van der Waals surface area contributed by atoms with E-state index < -0.39 is 17.7 Å². The molecule has 1 fully saturated rings. The van der Waals surface area contributed by atoms with Crippen LogP contribution in [0, 0.1) is 5.92 Å². The molecule has 4 N–H and O–H groups in total. The molecule has 2 unspecified atom stereocenters. The summed E-state index contributed by atoms with van der Waals surface area (Å²) in [6.45, 7) is 8.70. The van der Waals surface area contributed by atoms with Gasteiger partial charge in [0.05, 0.1) is 19.3 Å². The van der Waals surface area contributed by atoms with E-state index in [4.69, 9.17) is 20.9 Å². The zero-order chi connectivity index (χ0) is 19.9. The highest BCUT2D eigenvalue weighted by Crippen LogP contribution is 2.21. The van der Waals surface area contributed by atoms with E-state index in [0.29, 0.717) is 25.7 Å². The normalized spacial score (nSPS) is 18.9. The van der Waals surface area contributed by atoms with Crippen molar-refractivity contribution in [3.8, 4) is 0 Å². The molecule has 1 saturated heterocycles. The first-order valence-electron chi connectivity index (χ1n) is 9.84. The van der Waals surface area contributed by atoms with E-state index in [1.807, 2.05) is 51.1 Å². The molecule has 0 bridgehead atoms. The lowest BCUT2D eigenvalue weighted by atomic mass is 9.94. The van der Waals surface area contributed by atoms with E-state index in [1.165, 1.54) is 0 Å². The van der Waals surface area contributed by atoms with Gasteiger partial charge >= 0.3 is 5.97 Å². The number of nitrogens with zero attached hydrogens (tertiary/aromatic N) is 1. The maximum atomic E-state index is 12.9. The number of nitrogens with two attached hydrogens (primary N) is 2. The van der Waals surface area contributed by atoms with Crippen molar-refractivity contribution in [1.29, 1.82) is 0 Å². The predicted octanol–water partition coefficient (Wildman–Crippen LogP) is 1.91. The second-order valence-corrected chi connectivity index (χ2v) is 8.36. The van der Waals surface area contributed by atoms with Crippen molar-refractivity contribution in [2.75, 3.05) is 26.2 Å². The van der Waals surface area contributed by atoms with Gasteiger partial charge in [-0.25, -0.2) is 0 Å². The molecule has 6 heteroatoms. The van der Waals surface area contributed by atoms with Crippen molar-refractivity contribution >= 4 is 5.97 Å². The Balaban J connectivity index is 1.98. The number of carbonyl (C=O) groups is 1. The second-order valence-electron chi connectivity index (χ2n) is 8.36. The third-order valence-electron chi connectivity index (χ3n) is 4.85. The maximum absolute atomic E-state index is 12.9. The SMILES string of the molecule is CC(C)(C)OC(=O)C(C(N)COCc1ccccc1)N1CCC(CN)CC1. The molecule has 1 heterocycles. The molecule has 6 nitrogen and oxygen atoms in total. The van der Waals surface area contributed by atoms with E-state index >= 15 is 0 Å². The fourth-order valence-corrected chi connectivity index (χ4v) is 3.40. The first-order valence-corrected chi connectivity index (χ1v) is 9.84. The Hall–Kier alpha value is -1.47. The molecule has 1 aliphatic rings. The van der Waals surface area contributed by atoms with Crippen molar-refractivity contribution in [2.45, 2.75) is 57.9 Å². The van der Waals surface area contributed by atoms with Gasteiger partial charge in [-0.2, -0.15) is 0 Å². The summed E-state index contributed by atoms with van der Waals surface area (Å²) in [7, 11) is 0. The maximum Gasteiger partial charge on any atom is 0.325 e. The fourth-order valence-electron chi connectivity index (χ4n) is 3.40. The lowest BCUT2D eigenvalue weighted by Crippen LogP contribution is -2.58. The lowest BCUT2D eigenvalue weighted by molar-refractivity contribution is -0.163.